The standard InChI is InChI=1S/C16H26N2/c17-15-8-3-9-16-14(15)10-12-18(16)11-4-7-13-5-1-2-6-13/h10,12-13,15H,1-9,11,17H2. The molecule has 2 heteroatoms. The molecule has 0 bridgehead atoms. The van der Waals surface area contributed by atoms with E-state index in [0.29, 0.717) is 6.04 Å². The molecule has 1 unspecified atom stereocenters. The lowest BCUT2D eigenvalue weighted by Gasteiger charge is -2.21. The molecular weight excluding hydrogens is 220 g/mol. The summed E-state index contributed by atoms with van der Waals surface area (Å²) in [6.07, 6.45) is 14.6. The predicted octanol–water partition coefficient (Wildman–Crippen LogP) is 3.79. The minimum Gasteiger partial charge on any atom is -0.351 e. The maximum absolute atomic E-state index is 6.17. The highest BCUT2D eigenvalue weighted by atomic mass is 15.0. The number of aryl methyl sites for hydroxylation is 1. The molecule has 1 aromatic heterocycles. The topological polar surface area (TPSA) is 30.9 Å². The van der Waals surface area contributed by atoms with E-state index in [1.807, 2.05) is 0 Å². The van der Waals surface area contributed by atoms with Gasteiger partial charge >= 0.3 is 0 Å². The summed E-state index contributed by atoms with van der Waals surface area (Å²) < 4.78 is 2.48. The number of rotatable bonds is 4. The summed E-state index contributed by atoms with van der Waals surface area (Å²) in [5, 5.41) is 0. The van der Waals surface area contributed by atoms with Crippen LogP contribution in [0.5, 0.6) is 0 Å². The highest BCUT2D eigenvalue weighted by molar-refractivity contribution is 5.28. The van der Waals surface area contributed by atoms with Gasteiger partial charge in [-0.3, -0.25) is 0 Å². The molecule has 100 valence electrons. The van der Waals surface area contributed by atoms with Crippen LogP contribution in [0, 0.1) is 5.92 Å². The van der Waals surface area contributed by atoms with Crippen molar-refractivity contribution in [3.8, 4) is 0 Å². The molecular formula is C16H26N2. The molecule has 3 rings (SSSR count). The number of aromatic nitrogens is 1. The van der Waals surface area contributed by atoms with E-state index in [4.69, 9.17) is 5.73 Å². The van der Waals surface area contributed by atoms with E-state index in [9.17, 15) is 0 Å². The summed E-state index contributed by atoms with van der Waals surface area (Å²) >= 11 is 0. The van der Waals surface area contributed by atoms with Crippen molar-refractivity contribution in [3.63, 3.8) is 0 Å². The Kier molecular flexibility index (Phi) is 3.74. The van der Waals surface area contributed by atoms with Crippen molar-refractivity contribution in [1.29, 1.82) is 0 Å². The second kappa shape index (κ2) is 5.48. The largest absolute Gasteiger partial charge is 0.351 e. The molecule has 0 amide bonds. The van der Waals surface area contributed by atoms with Crippen LogP contribution in [0.4, 0.5) is 0 Å². The zero-order valence-corrected chi connectivity index (χ0v) is 11.4. The van der Waals surface area contributed by atoms with Gasteiger partial charge in [0.2, 0.25) is 0 Å². The third-order valence-electron chi connectivity index (χ3n) is 4.93. The van der Waals surface area contributed by atoms with E-state index in [0.717, 1.165) is 5.92 Å². The first-order valence-corrected chi connectivity index (χ1v) is 7.78. The van der Waals surface area contributed by atoms with Crippen molar-refractivity contribution in [2.24, 2.45) is 11.7 Å². The van der Waals surface area contributed by atoms with Gasteiger partial charge in [-0.25, -0.2) is 0 Å². The third-order valence-corrected chi connectivity index (χ3v) is 4.93. The molecule has 0 spiro atoms. The van der Waals surface area contributed by atoms with Gasteiger partial charge < -0.3 is 10.3 Å². The number of nitrogens with two attached hydrogens (primary N) is 1. The SMILES string of the molecule is NC1CCCc2c1ccn2CCCC1CCCC1. The molecule has 0 saturated heterocycles. The third kappa shape index (κ3) is 2.49. The van der Waals surface area contributed by atoms with Crippen molar-refractivity contribution in [3.05, 3.63) is 23.5 Å². The molecule has 2 aliphatic rings. The number of fused-ring (bicyclic) bond motifs is 1. The average Bonchev–Trinajstić information content (AvgIpc) is 3.00. The Hall–Kier alpha value is -0.760. The van der Waals surface area contributed by atoms with Crippen LogP contribution in [0.3, 0.4) is 0 Å². The Labute approximate surface area is 111 Å². The first kappa shape index (κ1) is 12.3. The Morgan fingerprint density at radius 1 is 1.17 bits per heavy atom. The van der Waals surface area contributed by atoms with E-state index in [2.05, 4.69) is 16.8 Å². The fourth-order valence-electron chi connectivity index (χ4n) is 3.85. The lowest BCUT2D eigenvalue weighted by molar-refractivity contribution is 0.450. The molecule has 1 aromatic rings. The fraction of sp³-hybridized carbons (Fsp3) is 0.750. The number of nitrogens with zero attached hydrogens (tertiary/aromatic N) is 1. The number of hydrogen-bond donors (Lipinski definition) is 1. The highest BCUT2D eigenvalue weighted by Crippen LogP contribution is 2.31. The van der Waals surface area contributed by atoms with E-state index >= 15 is 0 Å². The van der Waals surface area contributed by atoms with Gasteiger partial charge in [-0.1, -0.05) is 25.7 Å². The van der Waals surface area contributed by atoms with Crippen molar-refractivity contribution in [2.45, 2.75) is 70.4 Å². The van der Waals surface area contributed by atoms with Gasteiger partial charge in [0.15, 0.2) is 0 Å². The summed E-state index contributed by atoms with van der Waals surface area (Å²) in [6, 6.07) is 2.55. The Morgan fingerprint density at radius 3 is 2.83 bits per heavy atom. The molecule has 0 radical (unpaired) electrons. The summed E-state index contributed by atoms with van der Waals surface area (Å²) in [6.45, 7) is 1.21. The molecule has 1 fully saturated rings. The second-order valence-corrected chi connectivity index (χ2v) is 6.20. The summed E-state index contributed by atoms with van der Waals surface area (Å²) in [5.41, 5.74) is 9.12. The van der Waals surface area contributed by atoms with E-state index in [-0.39, 0.29) is 0 Å². The van der Waals surface area contributed by atoms with Gasteiger partial charge in [0.1, 0.15) is 0 Å². The van der Waals surface area contributed by atoms with Gasteiger partial charge in [-0.15, -0.1) is 0 Å². The number of hydrogen-bond acceptors (Lipinski definition) is 1. The van der Waals surface area contributed by atoms with Crippen molar-refractivity contribution in [1.82, 2.24) is 4.57 Å². The lowest BCUT2D eigenvalue weighted by Crippen LogP contribution is -2.18. The fourth-order valence-corrected chi connectivity index (χ4v) is 3.85. The van der Waals surface area contributed by atoms with Gasteiger partial charge in [0, 0.05) is 24.5 Å². The Morgan fingerprint density at radius 2 is 2.00 bits per heavy atom. The highest BCUT2D eigenvalue weighted by Gasteiger charge is 2.20. The first-order valence-electron chi connectivity index (χ1n) is 7.78. The van der Waals surface area contributed by atoms with Gasteiger partial charge in [-0.05, 0) is 49.7 Å². The van der Waals surface area contributed by atoms with Crippen molar-refractivity contribution < 1.29 is 0 Å². The van der Waals surface area contributed by atoms with Gasteiger partial charge in [0.05, 0.1) is 0 Å². The monoisotopic (exact) mass is 246 g/mol. The van der Waals surface area contributed by atoms with Crippen LogP contribution in [-0.2, 0) is 13.0 Å². The zero-order valence-electron chi connectivity index (χ0n) is 11.4. The normalized spacial score (nSPS) is 24.4. The van der Waals surface area contributed by atoms with Crippen LogP contribution in [0.25, 0.3) is 0 Å². The van der Waals surface area contributed by atoms with Crippen LogP contribution in [0.15, 0.2) is 12.3 Å². The molecule has 1 saturated carbocycles. The Bertz CT molecular complexity index is 388. The molecule has 18 heavy (non-hydrogen) atoms. The minimum atomic E-state index is 0.296. The first-order chi connectivity index (χ1) is 8.84. The Balaban J connectivity index is 1.56. The van der Waals surface area contributed by atoms with Gasteiger partial charge in [0.25, 0.3) is 0 Å². The zero-order chi connectivity index (χ0) is 12.4. The van der Waals surface area contributed by atoms with Crippen LogP contribution in [0.1, 0.15) is 68.7 Å². The van der Waals surface area contributed by atoms with Crippen molar-refractivity contribution in [2.75, 3.05) is 0 Å². The average molecular weight is 246 g/mol. The minimum absolute atomic E-state index is 0.296. The maximum atomic E-state index is 6.17. The van der Waals surface area contributed by atoms with Crippen molar-refractivity contribution >= 4 is 0 Å². The van der Waals surface area contributed by atoms with Crippen LogP contribution < -0.4 is 5.73 Å². The summed E-state index contributed by atoms with van der Waals surface area (Å²) in [7, 11) is 0. The van der Waals surface area contributed by atoms with E-state index < -0.39 is 0 Å². The van der Waals surface area contributed by atoms with Gasteiger partial charge in [-0.2, -0.15) is 0 Å². The smallest absolute Gasteiger partial charge is 0.0312 e. The lowest BCUT2D eigenvalue weighted by atomic mass is 9.93. The van der Waals surface area contributed by atoms with E-state index in [1.165, 1.54) is 75.6 Å². The summed E-state index contributed by atoms with van der Waals surface area (Å²) in [4.78, 5) is 0. The molecule has 1 atom stereocenters. The molecule has 0 aliphatic heterocycles. The molecule has 0 aromatic carbocycles. The van der Waals surface area contributed by atoms with E-state index in [1.54, 1.807) is 0 Å². The molecule has 2 nitrogen and oxygen atoms in total. The molecule has 2 aliphatic carbocycles. The molecule has 2 N–H and O–H groups in total. The van der Waals surface area contributed by atoms with Crippen LogP contribution in [0.2, 0.25) is 0 Å². The predicted molar refractivity (Wildman–Crippen MR) is 75.5 cm³/mol. The van der Waals surface area contributed by atoms with Crippen LogP contribution >= 0.6 is 0 Å². The maximum Gasteiger partial charge on any atom is 0.0312 e. The summed E-state index contributed by atoms with van der Waals surface area (Å²) in [5.74, 6) is 1.03. The van der Waals surface area contributed by atoms with Crippen LogP contribution in [-0.4, -0.2) is 4.57 Å². The quantitative estimate of drug-likeness (QED) is 0.861. The second-order valence-electron chi connectivity index (χ2n) is 6.20. The molecule has 1 heterocycles.